The first-order valence-electron chi connectivity index (χ1n) is 17.4. The summed E-state index contributed by atoms with van der Waals surface area (Å²) < 4.78 is 81.6. The number of terminal acetylenes is 1. The van der Waals surface area contributed by atoms with E-state index in [1.54, 1.807) is 6.07 Å². The molecule has 5 atom stereocenters. The summed E-state index contributed by atoms with van der Waals surface area (Å²) in [7, 11) is 1.46. The molecule has 0 unspecified atom stereocenters. The standard InChI is InChI=1S/C38H37F4N5O3/c1-3-24-27(40)8-5-20-13-23(50-19-48-2)14-26(30(20)24)31-33(41)25-7-10-29-28-9-6-22(43-28)17-47(29)36-32(25)35(34(31)42)44-37(45-36)49-18-38-11-4-12-46(38)16-21(39)15-38/h1,5,8,13-14,21-22,28-29,43H,4,6-7,9-12,15-19H2,2H3/t21-,22-,28+,29-,38+/m1/s1. The SMILES string of the molecule is C#Cc1c(F)ccc2cc(OCOC)cc(-c3c(F)c4c5c(nc(OC[C@@]67CCCN6C[C@H](F)C7)nc5c3F)N3C[C@H]5CC[C@H](N5)[C@H]3CC4)c12. The second-order valence-corrected chi connectivity index (χ2v) is 14.4. The molecule has 0 spiro atoms. The molecule has 50 heavy (non-hydrogen) atoms. The lowest BCUT2D eigenvalue weighted by Crippen LogP contribution is -2.58. The predicted molar refractivity (Wildman–Crippen MR) is 181 cm³/mol. The van der Waals surface area contributed by atoms with Gasteiger partial charge in [0.1, 0.15) is 41.5 Å². The topological polar surface area (TPSA) is 72.0 Å². The number of methoxy groups -OCH3 is 1. The molecule has 5 aliphatic heterocycles. The number of nitrogens with zero attached hydrogens (tertiary/aromatic N) is 4. The van der Waals surface area contributed by atoms with Crippen LogP contribution in [0.25, 0.3) is 32.8 Å². The molecule has 12 heteroatoms. The summed E-state index contributed by atoms with van der Waals surface area (Å²) in [5.74, 6) is 0.707. The Hall–Kier alpha value is -4.18. The number of rotatable bonds is 7. The number of alkyl halides is 1. The van der Waals surface area contributed by atoms with Gasteiger partial charge in [0.05, 0.1) is 22.1 Å². The molecular weight excluding hydrogens is 650 g/mol. The summed E-state index contributed by atoms with van der Waals surface area (Å²) in [4.78, 5) is 13.9. The van der Waals surface area contributed by atoms with Crippen LogP contribution in [0.1, 0.15) is 49.7 Å². The highest BCUT2D eigenvalue weighted by Crippen LogP contribution is 2.47. The van der Waals surface area contributed by atoms with Gasteiger partial charge in [-0.1, -0.05) is 12.0 Å². The average molecular weight is 688 g/mol. The molecule has 3 aromatic carbocycles. The molecule has 9 rings (SSSR count). The Morgan fingerprint density at radius 1 is 1.06 bits per heavy atom. The van der Waals surface area contributed by atoms with Gasteiger partial charge in [-0.25, -0.2) is 17.6 Å². The molecule has 6 heterocycles. The van der Waals surface area contributed by atoms with Crippen molar-refractivity contribution in [2.45, 2.75) is 74.8 Å². The van der Waals surface area contributed by atoms with E-state index in [4.69, 9.17) is 25.6 Å². The molecule has 260 valence electrons. The van der Waals surface area contributed by atoms with Gasteiger partial charge in [0, 0.05) is 61.3 Å². The van der Waals surface area contributed by atoms with E-state index < -0.39 is 29.2 Å². The van der Waals surface area contributed by atoms with Gasteiger partial charge in [0.25, 0.3) is 0 Å². The Morgan fingerprint density at radius 2 is 1.94 bits per heavy atom. The zero-order valence-corrected chi connectivity index (χ0v) is 27.7. The van der Waals surface area contributed by atoms with Crippen molar-refractivity contribution in [1.29, 1.82) is 0 Å². The highest BCUT2D eigenvalue weighted by atomic mass is 19.1. The van der Waals surface area contributed by atoms with Gasteiger partial charge in [-0.05, 0) is 68.7 Å². The van der Waals surface area contributed by atoms with E-state index in [0.717, 1.165) is 32.2 Å². The number of piperazine rings is 1. The number of benzene rings is 3. The lowest BCUT2D eigenvalue weighted by Gasteiger charge is -2.41. The maximum atomic E-state index is 17.4. The van der Waals surface area contributed by atoms with Crippen molar-refractivity contribution in [3.8, 4) is 35.2 Å². The van der Waals surface area contributed by atoms with Crippen LogP contribution in [0.15, 0.2) is 24.3 Å². The molecule has 1 aromatic heterocycles. The Labute approximate surface area is 287 Å². The van der Waals surface area contributed by atoms with Gasteiger partial charge >= 0.3 is 6.01 Å². The van der Waals surface area contributed by atoms with Crippen LogP contribution in [-0.2, 0) is 11.2 Å². The normalized spacial score (nSPS) is 27.0. The molecular formula is C38H37F4N5O3. The smallest absolute Gasteiger partial charge is 0.319 e. The van der Waals surface area contributed by atoms with Crippen LogP contribution in [0.5, 0.6) is 11.8 Å². The molecule has 1 N–H and O–H groups in total. The summed E-state index contributed by atoms with van der Waals surface area (Å²) in [6, 6.07) is 6.19. The average Bonchev–Trinajstić information content (AvgIpc) is 3.74. The minimum absolute atomic E-state index is 0.00204. The van der Waals surface area contributed by atoms with Crippen molar-refractivity contribution in [2.24, 2.45) is 0 Å². The molecule has 0 aliphatic carbocycles. The van der Waals surface area contributed by atoms with Crippen LogP contribution < -0.4 is 19.7 Å². The fourth-order valence-corrected chi connectivity index (χ4v) is 9.47. The van der Waals surface area contributed by atoms with Crippen LogP contribution in [0.2, 0.25) is 0 Å². The molecule has 2 bridgehead atoms. The van der Waals surface area contributed by atoms with Crippen molar-refractivity contribution in [3.05, 3.63) is 52.8 Å². The maximum absolute atomic E-state index is 17.4. The zero-order valence-electron chi connectivity index (χ0n) is 27.7. The Morgan fingerprint density at radius 3 is 2.78 bits per heavy atom. The minimum Gasteiger partial charge on any atom is -0.468 e. The number of hydrogen-bond donors (Lipinski definition) is 1. The van der Waals surface area contributed by atoms with Crippen molar-refractivity contribution < 1.29 is 31.8 Å². The first kappa shape index (κ1) is 31.8. The third-order valence-electron chi connectivity index (χ3n) is 11.6. The van der Waals surface area contributed by atoms with Gasteiger partial charge < -0.3 is 24.4 Å². The van der Waals surface area contributed by atoms with Crippen molar-refractivity contribution in [2.75, 3.05) is 45.0 Å². The van der Waals surface area contributed by atoms with Gasteiger partial charge in [0.15, 0.2) is 12.6 Å². The van der Waals surface area contributed by atoms with E-state index >= 15 is 13.2 Å². The molecule has 4 aromatic rings. The molecule has 4 saturated heterocycles. The number of aromatic nitrogens is 2. The summed E-state index contributed by atoms with van der Waals surface area (Å²) in [6.07, 6.45) is 9.82. The molecule has 0 saturated carbocycles. The van der Waals surface area contributed by atoms with E-state index in [0.29, 0.717) is 48.9 Å². The monoisotopic (exact) mass is 687 g/mol. The third-order valence-corrected chi connectivity index (χ3v) is 11.6. The zero-order chi connectivity index (χ0) is 34.3. The fraction of sp³-hybridized carbons (Fsp3) is 0.474. The minimum atomic E-state index is -0.945. The lowest BCUT2D eigenvalue weighted by atomic mass is 9.90. The number of anilines is 1. The summed E-state index contributed by atoms with van der Waals surface area (Å²) in [5, 5.41) is 4.64. The summed E-state index contributed by atoms with van der Waals surface area (Å²) in [6.45, 7) is 1.83. The van der Waals surface area contributed by atoms with Gasteiger partial charge in [0.2, 0.25) is 0 Å². The van der Waals surface area contributed by atoms with E-state index in [-0.39, 0.29) is 76.4 Å². The number of aryl methyl sites for hydroxylation is 1. The van der Waals surface area contributed by atoms with Gasteiger partial charge in [-0.2, -0.15) is 9.97 Å². The largest absolute Gasteiger partial charge is 0.468 e. The highest BCUT2D eigenvalue weighted by Gasteiger charge is 2.50. The highest BCUT2D eigenvalue weighted by molar-refractivity contribution is 6.05. The quantitative estimate of drug-likeness (QED) is 0.143. The van der Waals surface area contributed by atoms with Crippen LogP contribution in [0.4, 0.5) is 23.4 Å². The van der Waals surface area contributed by atoms with E-state index in [1.807, 2.05) is 0 Å². The maximum Gasteiger partial charge on any atom is 0.319 e. The Kier molecular flexibility index (Phi) is 7.60. The first-order chi connectivity index (χ1) is 24.3. The van der Waals surface area contributed by atoms with Crippen molar-refractivity contribution in [3.63, 3.8) is 0 Å². The van der Waals surface area contributed by atoms with Crippen LogP contribution >= 0.6 is 0 Å². The number of halogens is 4. The number of fused-ring (bicyclic) bond motifs is 7. The fourth-order valence-electron chi connectivity index (χ4n) is 9.47. The van der Waals surface area contributed by atoms with Gasteiger partial charge in [-0.15, -0.1) is 6.42 Å². The third kappa shape index (κ3) is 4.84. The van der Waals surface area contributed by atoms with Crippen LogP contribution in [-0.4, -0.2) is 84.8 Å². The Bertz CT molecular complexity index is 2090. The van der Waals surface area contributed by atoms with Crippen molar-refractivity contribution >= 4 is 27.5 Å². The van der Waals surface area contributed by atoms with E-state index in [2.05, 4.69) is 26.0 Å². The summed E-state index contributed by atoms with van der Waals surface area (Å²) in [5.41, 5.74) is -0.731. The van der Waals surface area contributed by atoms with E-state index in [9.17, 15) is 4.39 Å². The van der Waals surface area contributed by atoms with E-state index in [1.165, 1.54) is 25.3 Å². The van der Waals surface area contributed by atoms with Crippen LogP contribution in [0.3, 0.4) is 0 Å². The summed E-state index contributed by atoms with van der Waals surface area (Å²) >= 11 is 0. The van der Waals surface area contributed by atoms with Crippen LogP contribution in [0, 0.1) is 29.8 Å². The molecule has 0 radical (unpaired) electrons. The predicted octanol–water partition coefficient (Wildman–Crippen LogP) is 6.04. The number of hydrogen-bond acceptors (Lipinski definition) is 8. The number of nitrogens with one attached hydrogen (secondary N) is 1. The van der Waals surface area contributed by atoms with Gasteiger partial charge in [-0.3, -0.25) is 4.90 Å². The molecule has 0 amide bonds. The van der Waals surface area contributed by atoms with Crippen molar-refractivity contribution in [1.82, 2.24) is 20.2 Å². The lowest BCUT2D eigenvalue weighted by molar-refractivity contribution is 0.0512. The molecule has 8 nitrogen and oxygen atoms in total. The Balaban J connectivity index is 1.27. The molecule has 4 fully saturated rings. The number of ether oxygens (including phenoxy) is 3. The first-order valence-corrected chi connectivity index (χ1v) is 17.4. The second kappa shape index (κ2) is 12.0. The second-order valence-electron chi connectivity index (χ2n) is 14.4. The molecule has 5 aliphatic rings.